The molecule has 1 aromatic rings. The molecule has 0 aromatic heterocycles. The number of rotatable bonds is 5. The van der Waals surface area contributed by atoms with E-state index in [2.05, 4.69) is 5.32 Å². The number of carbonyl (C=O) groups excluding carboxylic acids is 1. The van der Waals surface area contributed by atoms with Crippen LogP contribution >= 0.6 is 0 Å². The lowest BCUT2D eigenvalue weighted by molar-refractivity contribution is -0.126. The van der Waals surface area contributed by atoms with Crippen LogP contribution in [-0.4, -0.2) is 18.6 Å². The van der Waals surface area contributed by atoms with E-state index >= 15 is 0 Å². The fraction of sp³-hybridized carbons (Fsp3) is 0.357. The minimum atomic E-state index is -0.288. The smallest absolute Gasteiger partial charge is 0.224 e. The van der Waals surface area contributed by atoms with Crippen molar-refractivity contribution in [3.05, 3.63) is 42.7 Å². The van der Waals surface area contributed by atoms with Gasteiger partial charge in [-0.15, -0.1) is 0 Å². The van der Waals surface area contributed by atoms with Crippen molar-refractivity contribution in [1.82, 2.24) is 0 Å². The lowest BCUT2D eigenvalue weighted by Crippen LogP contribution is -2.36. The van der Waals surface area contributed by atoms with Crippen molar-refractivity contribution < 1.29 is 9.53 Å². The highest BCUT2D eigenvalue weighted by atomic mass is 16.5. The first-order valence-electron chi connectivity index (χ1n) is 6.16. The van der Waals surface area contributed by atoms with E-state index in [0.717, 1.165) is 18.7 Å². The fourth-order valence-electron chi connectivity index (χ4n) is 2.09. The Bertz CT molecular complexity index is 417. The Morgan fingerprint density at radius 3 is 2.89 bits per heavy atom. The third-order valence-electron chi connectivity index (χ3n) is 3.09. The van der Waals surface area contributed by atoms with Gasteiger partial charge in [0.25, 0.3) is 0 Å². The Morgan fingerprint density at radius 2 is 2.17 bits per heavy atom. The third kappa shape index (κ3) is 3.26. The van der Waals surface area contributed by atoms with Crippen LogP contribution in [0.3, 0.4) is 0 Å². The topological polar surface area (TPSA) is 64.4 Å². The number of hydrogen-bond acceptors (Lipinski definition) is 3. The van der Waals surface area contributed by atoms with Crippen molar-refractivity contribution >= 4 is 11.6 Å². The van der Waals surface area contributed by atoms with Crippen LogP contribution in [0.15, 0.2) is 42.7 Å². The second-order valence-electron chi connectivity index (χ2n) is 4.37. The van der Waals surface area contributed by atoms with E-state index in [-0.39, 0.29) is 17.9 Å². The molecule has 0 saturated heterocycles. The quantitative estimate of drug-likeness (QED) is 0.834. The van der Waals surface area contributed by atoms with Crippen molar-refractivity contribution in [2.75, 3.05) is 11.9 Å². The predicted octanol–water partition coefficient (Wildman–Crippen LogP) is 1.89. The molecule has 1 heterocycles. The number of benzene rings is 1. The zero-order valence-corrected chi connectivity index (χ0v) is 10.2. The van der Waals surface area contributed by atoms with Crippen molar-refractivity contribution in [3.63, 3.8) is 0 Å². The van der Waals surface area contributed by atoms with E-state index in [1.807, 2.05) is 36.4 Å². The van der Waals surface area contributed by atoms with Gasteiger partial charge >= 0.3 is 0 Å². The molecule has 0 saturated carbocycles. The summed E-state index contributed by atoms with van der Waals surface area (Å²) in [5, 5.41) is 3.30. The first kappa shape index (κ1) is 12.5. The summed E-state index contributed by atoms with van der Waals surface area (Å²) >= 11 is 0. The molecule has 2 atom stereocenters. The van der Waals surface area contributed by atoms with Crippen LogP contribution in [0.4, 0.5) is 5.69 Å². The third-order valence-corrected chi connectivity index (χ3v) is 3.09. The van der Waals surface area contributed by atoms with Crippen molar-refractivity contribution in [1.29, 1.82) is 0 Å². The molecule has 1 aliphatic rings. The summed E-state index contributed by atoms with van der Waals surface area (Å²) in [6.45, 7) is 0.756. The molecular weight excluding hydrogens is 228 g/mol. The summed E-state index contributed by atoms with van der Waals surface area (Å²) in [7, 11) is 0. The van der Waals surface area contributed by atoms with E-state index in [1.54, 1.807) is 6.26 Å². The average molecular weight is 246 g/mol. The number of carbonyl (C=O) groups is 1. The summed E-state index contributed by atoms with van der Waals surface area (Å²) in [6.07, 6.45) is 4.81. The molecule has 1 aromatic carbocycles. The van der Waals surface area contributed by atoms with E-state index in [4.69, 9.17) is 10.5 Å². The molecule has 0 aliphatic carbocycles. The van der Waals surface area contributed by atoms with Gasteiger partial charge in [0, 0.05) is 18.7 Å². The van der Waals surface area contributed by atoms with E-state index in [0.29, 0.717) is 6.42 Å². The van der Waals surface area contributed by atoms with E-state index in [1.165, 1.54) is 0 Å². The number of amides is 1. The monoisotopic (exact) mass is 246 g/mol. The van der Waals surface area contributed by atoms with Gasteiger partial charge in [-0.3, -0.25) is 4.79 Å². The molecule has 2 unspecified atom stereocenters. The van der Waals surface area contributed by atoms with Gasteiger partial charge in [-0.05, 0) is 24.6 Å². The maximum atomic E-state index is 11.3. The molecule has 1 aliphatic heterocycles. The number of nitrogens with one attached hydrogen (secondary N) is 1. The highest BCUT2D eigenvalue weighted by molar-refractivity contribution is 5.77. The summed E-state index contributed by atoms with van der Waals surface area (Å²) in [5.74, 6) is -0.503. The first-order chi connectivity index (χ1) is 8.77. The number of ether oxygens (including phenoxy) is 1. The number of anilines is 1. The van der Waals surface area contributed by atoms with Gasteiger partial charge in [0.2, 0.25) is 5.91 Å². The van der Waals surface area contributed by atoms with Gasteiger partial charge in [-0.2, -0.15) is 0 Å². The molecule has 1 amide bonds. The predicted molar refractivity (Wildman–Crippen MR) is 70.9 cm³/mol. The highest BCUT2D eigenvalue weighted by Gasteiger charge is 2.28. The molecule has 0 spiro atoms. The maximum absolute atomic E-state index is 11.3. The van der Waals surface area contributed by atoms with E-state index in [9.17, 15) is 4.79 Å². The van der Waals surface area contributed by atoms with Crippen LogP contribution < -0.4 is 11.1 Å². The van der Waals surface area contributed by atoms with Crippen molar-refractivity contribution in [2.45, 2.75) is 18.9 Å². The molecule has 4 nitrogen and oxygen atoms in total. The molecule has 2 rings (SSSR count). The number of allylic oxidation sites excluding steroid dienone is 1. The second-order valence-corrected chi connectivity index (χ2v) is 4.37. The molecule has 96 valence electrons. The minimum absolute atomic E-state index is 0.122. The zero-order chi connectivity index (χ0) is 12.8. The lowest BCUT2D eigenvalue weighted by atomic mass is 9.94. The summed E-state index contributed by atoms with van der Waals surface area (Å²) < 4.78 is 5.47. The van der Waals surface area contributed by atoms with Crippen LogP contribution in [0.25, 0.3) is 0 Å². The van der Waals surface area contributed by atoms with Gasteiger partial charge in [0.1, 0.15) is 6.10 Å². The Morgan fingerprint density at radius 1 is 1.39 bits per heavy atom. The van der Waals surface area contributed by atoms with E-state index < -0.39 is 0 Å². The Hall–Kier alpha value is -1.97. The molecule has 18 heavy (non-hydrogen) atoms. The summed E-state index contributed by atoms with van der Waals surface area (Å²) in [6, 6.07) is 9.95. The van der Waals surface area contributed by atoms with Gasteiger partial charge in [-0.25, -0.2) is 0 Å². The Kier molecular flexibility index (Phi) is 4.23. The Balaban J connectivity index is 1.82. The van der Waals surface area contributed by atoms with Crippen molar-refractivity contribution in [3.8, 4) is 0 Å². The molecule has 3 N–H and O–H groups in total. The molecule has 0 bridgehead atoms. The zero-order valence-electron chi connectivity index (χ0n) is 10.2. The normalized spacial score (nSPS) is 22.2. The number of primary amides is 1. The average Bonchev–Trinajstić information content (AvgIpc) is 2.40. The van der Waals surface area contributed by atoms with Crippen LogP contribution in [0.5, 0.6) is 0 Å². The van der Waals surface area contributed by atoms with Gasteiger partial charge in [-0.1, -0.05) is 18.2 Å². The van der Waals surface area contributed by atoms with Gasteiger partial charge in [0.05, 0.1) is 12.2 Å². The minimum Gasteiger partial charge on any atom is -0.497 e. The van der Waals surface area contributed by atoms with Crippen LogP contribution in [0, 0.1) is 5.92 Å². The van der Waals surface area contributed by atoms with Gasteiger partial charge in [0.15, 0.2) is 0 Å². The van der Waals surface area contributed by atoms with Crippen LogP contribution in [-0.2, 0) is 9.53 Å². The lowest BCUT2D eigenvalue weighted by Gasteiger charge is -2.26. The standard InChI is InChI=1S/C14H18N2O2/c15-14(17)12-7-4-10-18-13(12)8-9-16-11-5-2-1-3-6-11/h1-6,10,12-13,16H,7-9H2,(H2,15,17). The van der Waals surface area contributed by atoms with Crippen LogP contribution in [0.1, 0.15) is 12.8 Å². The number of nitrogens with two attached hydrogens (primary N) is 1. The number of para-hydroxylation sites is 1. The fourth-order valence-corrected chi connectivity index (χ4v) is 2.09. The highest BCUT2D eigenvalue weighted by Crippen LogP contribution is 2.21. The first-order valence-corrected chi connectivity index (χ1v) is 6.16. The second kappa shape index (κ2) is 6.10. The van der Waals surface area contributed by atoms with Crippen LogP contribution in [0.2, 0.25) is 0 Å². The molecule has 4 heteroatoms. The molecular formula is C14H18N2O2. The SMILES string of the molecule is NC(=O)C1CC=COC1CCNc1ccccc1. The van der Waals surface area contributed by atoms with Gasteiger partial charge < -0.3 is 15.8 Å². The van der Waals surface area contributed by atoms with Crippen molar-refractivity contribution in [2.24, 2.45) is 11.7 Å². The molecule has 0 radical (unpaired) electrons. The maximum Gasteiger partial charge on any atom is 0.224 e. The summed E-state index contributed by atoms with van der Waals surface area (Å²) in [5.41, 5.74) is 6.44. The Labute approximate surface area is 107 Å². The largest absolute Gasteiger partial charge is 0.497 e. The molecule has 0 fully saturated rings. The summed E-state index contributed by atoms with van der Waals surface area (Å²) in [4.78, 5) is 11.3. The number of hydrogen-bond donors (Lipinski definition) is 2.